The van der Waals surface area contributed by atoms with E-state index < -0.39 is 23.7 Å². The van der Waals surface area contributed by atoms with E-state index in [-0.39, 0.29) is 40.1 Å². The van der Waals surface area contributed by atoms with Gasteiger partial charge in [0.1, 0.15) is 0 Å². The second kappa shape index (κ2) is 8.77. The molecule has 0 radical (unpaired) electrons. The Balaban J connectivity index is 1.61. The van der Waals surface area contributed by atoms with Gasteiger partial charge < -0.3 is 5.32 Å². The van der Waals surface area contributed by atoms with Gasteiger partial charge in [0.2, 0.25) is 11.9 Å². The van der Waals surface area contributed by atoms with Gasteiger partial charge in [-0.25, -0.2) is 9.97 Å². The van der Waals surface area contributed by atoms with Gasteiger partial charge in [0.15, 0.2) is 5.82 Å². The number of aromatic nitrogens is 5. The number of nitrogens with one attached hydrogen (secondary N) is 2. The Labute approximate surface area is 190 Å². The first-order valence-electron chi connectivity index (χ1n) is 9.85. The third-order valence-corrected chi connectivity index (χ3v) is 5.00. The maximum atomic E-state index is 13.1. The summed E-state index contributed by atoms with van der Waals surface area (Å²) < 4.78 is 40.5. The van der Waals surface area contributed by atoms with Gasteiger partial charge in [-0.2, -0.15) is 22.8 Å². The Morgan fingerprint density at radius 1 is 1.18 bits per heavy atom. The fraction of sp³-hybridized carbons (Fsp3) is 0.300. The summed E-state index contributed by atoms with van der Waals surface area (Å²) in [6.07, 6.45) is -0.139. The number of anilines is 1. The van der Waals surface area contributed by atoms with Gasteiger partial charge in [-0.05, 0) is 44.0 Å². The van der Waals surface area contributed by atoms with Gasteiger partial charge in [0.05, 0.1) is 11.6 Å². The summed E-state index contributed by atoms with van der Waals surface area (Å²) in [6.45, 7) is 1.56. The van der Waals surface area contributed by atoms with Crippen LogP contribution < -0.4 is 10.6 Å². The second-order valence-electron chi connectivity index (χ2n) is 7.44. The van der Waals surface area contributed by atoms with Crippen LogP contribution in [0.2, 0.25) is 5.02 Å². The van der Waals surface area contributed by atoms with E-state index in [0.29, 0.717) is 6.07 Å². The molecule has 0 saturated heterocycles. The molecule has 1 aliphatic rings. The normalized spacial score (nSPS) is 14.6. The molecule has 172 valence electrons. The van der Waals surface area contributed by atoms with E-state index in [4.69, 9.17) is 11.6 Å². The molecule has 2 amide bonds. The number of amides is 2. The van der Waals surface area contributed by atoms with Crippen LogP contribution in [-0.4, -0.2) is 36.5 Å². The number of nitrogens with zero attached hydrogens (tertiary/aromatic N) is 5. The summed E-state index contributed by atoms with van der Waals surface area (Å²) in [6, 6.07) is 3.33. The van der Waals surface area contributed by atoms with Crippen molar-refractivity contribution in [2.45, 2.75) is 32.0 Å². The van der Waals surface area contributed by atoms with Crippen LogP contribution in [0.4, 0.5) is 19.1 Å². The zero-order valence-corrected chi connectivity index (χ0v) is 17.9. The molecule has 1 saturated carbocycles. The molecule has 4 rings (SSSR count). The van der Waals surface area contributed by atoms with E-state index >= 15 is 0 Å². The van der Waals surface area contributed by atoms with Crippen molar-refractivity contribution in [3.63, 3.8) is 0 Å². The molecule has 1 aliphatic carbocycles. The lowest BCUT2D eigenvalue weighted by atomic mass is 10.1. The van der Waals surface area contributed by atoms with Gasteiger partial charge in [-0.1, -0.05) is 11.6 Å². The monoisotopic (exact) mass is 479 g/mol. The number of carbonyl (C=O) groups is 2. The highest BCUT2D eigenvalue weighted by molar-refractivity contribution is 6.31. The smallest absolute Gasteiger partial charge is 0.342 e. The van der Waals surface area contributed by atoms with Crippen molar-refractivity contribution >= 4 is 29.4 Å². The van der Waals surface area contributed by atoms with Crippen LogP contribution in [0.15, 0.2) is 36.7 Å². The van der Waals surface area contributed by atoms with Crippen molar-refractivity contribution < 1.29 is 22.8 Å². The highest BCUT2D eigenvalue weighted by Crippen LogP contribution is 2.32. The van der Waals surface area contributed by atoms with Gasteiger partial charge in [-0.15, -0.1) is 5.10 Å². The quantitative estimate of drug-likeness (QED) is 0.558. The number of halogens is 4. The maximum Gasteiger partial charge on any atom is 0.416 e. The van der Waals surface area contributed by atoms with Crippen LogP contribution in [0, 0.1) is 5.92 Å². The molecule has 0 bridgehead atoms. The predicted octanol–water partition coefficient (Wildman–Crippen LogP) is 3.57. The molecule has 2 aromatic heterocycles. The molecule has 33 heavy (non-hydrogen) atoms. The Bertz CT molecular complexity index is 1200. The number of carbonyl (C=O) groups excluding carboxylic acids is 2. The van der Waals surface area contributed by atoms with E-state index in [0.717, 1.165) is 25.0 Å². The summed E-state index contributed by atoms with van der Waals surface area (Å²) in [7, 11) is 0. The summed E-state index contributed by atoms with van der Waals surface area (Å²) in [5.74, 6) is -0.812. The average Bonchev–Trinajstić information content (AvgIpc) is 3.53. The van der Waals surface area contributed by atoms with Crippen LogP contribution >= 0.6 is 11.6 Å². The molecule has 9 nitrogen and oxygen atoms in total. The number of alkyl halides is 3. The standard InChI is InChI=1S/C20H17ClF3N7O2/c1-10(27-17(33)12-7-13(20(22,23)24)9-14(21)8-12)15-28-18(29-16(32)11-3-4-11)30-31(15)19-25-5-2-6-26-19/h2,5-11H,3-4H2,1H3,(H,27,33)(H,29,30,32). The van der Waals surface area contributed by atoms with Crippen LogP contribution in [0.25, 0.3) is 5.95 Å². The van der Waals surface area contributed by atoms with E-state index in [1.165, 1.54) is 17.1 Å². The Morgan fingerprint density at radius 3 is 2.52 bits per heavy atom. The van der Waals surface area contributed by atoms with Crippen LogP contribution in [0.1, 0.15) is 47.6 Å². The molecule has 3 aromatic rings. The first kappa shape index (κ1) is 22.6. The van der Waals surface area contributed by atoms with Crippen LogP contribution in [-0.2, 0) is 11.0 Å². The lowest BCUT2D eigenvalue weighted by molar-refractivity contribution is -0.137. The molecule has 0 spiro atoms. The number of benzene rings is 1. The molecule has 1 fully saturated rings. The molecular weight excluding hydrogens is 463 g/mol. The van der Waals surface area contributed by atoms with Crippen molar-refractivity contribution in [1.82, 2.24) is 30.0 Å². The summed E-state index contributed by atoms with van der Waals surface area (Å²) in [5, 5.41) is 9.18. The maximum absolute atomic E-state index is 13.1. The van der Waals surface area contributed by atoms with Crippen molar-refractivity contribution in [1.29, 1.82) is 0 Å². The minimum absolute atomic E-state index is 0.00225. The summed E-state index contributed by atoms with van der Waals surface area (Å²) >= 11 is 5.78. The fourth-order valence-electron chi connectivity index (χ4n) is 2.99. The minimum atomic E-state index is -4.66. The lowest BCUT2D eigenvalue weighted by Crippen LogP contribution is -2.29. The lowest BCUT2D eigenvalue weighted by Gasteiger charge is -2.15. The number of hydrogen-bond donors (Lipinski definition) is 2. The van der Waals surface area contributed by atoms with E-state index in [2.05, 4.69) is 30.7 Å². The van der Waals surface area contributed by atoms with E-state index in [1.54, 1.807) is 13.0 Å². The number of hydrogen-bond acceptors (Lipinski definition) is 6. The molecular formula is C20H17ClF3N7O2. The third kappa shape index (κ3) is 5.28. The molecule has 2 heterocycles. The molecule has 1 atom stereocenters. The van der Waals surface area contributed by atoms with Crippen molar-refractivity contribution in [2.75, 3.05) is 5.32 Å². The zero-order chi connectivity index (χ0) is 23.8. The molecule has 2 N–H and O–H groups in total. The first-order valence-corrected chi connectivity index (χ1v) is 10.2. The Hall–Kier alpha value is -3.54. The molecule has 1 aromatic carbocycles. The minimum Gasteiger partial charge on any atom is -0.342 e. The van der Waals surface area contributed by atoms with Crippen molar-refractivity contribution in [3.05, 3.63) is 58.6 Å². The molecule has 0 aliphatic heterocycles. The summed E-state index contributed by atoms with van der Waals surface area (Å²) in [4.78, 5) is 37.3. The Morgan fingerprint density at radius 2 is 1.88 bits per heavy atom. The average molecular weight is 480 g/mol. The fourth-order valence-corrected chi connectivity index (χ4v) is 3.23. The predicted molar refractivity (Wildman–Crippen MR) is 111 cm³/mol. The summed E-state index contributed by atoms with van der Waals surface area (Å²) in [5.41, 5.74) is -1.32. The number of rotatable bonds is 6. The van der Waals surface area contributed by atoms with Gasteiger partial charge in [0.25, 0.3) is 11.9 Å². The zero-order valence-electron chi connectivity index (χ0n) is 17.1. The van der Waals surface area contributed by atoms with Gasteiger partial charge >= 0.3 is 6.18 Å². The third-order valence-electron chi connectivity index (χ3n) is 4.78. The Kier molecular flexibility index (Phi) is 6.02. The highest BCUT2D eigenvalue weighted by Gasteiger charge is 2.33. The van der Waals surface area contributed by atoms with Crippen molar-refractivity contribution in [3.8, 4) is 5.95 Å². The SMILES string of the molecule is CC(NC(=O)c1cc(Cl)cc(C(F)(F)F)c1)c1nc(NC(=O)C2CC2)nn1-c1ncccn1. The van der Waals surface area contributed by atoms with Gasteiger partial charge in [0, 0.05) is 28.9 Å². The topological polar surface area (TPSA) is 115 Å². The van der Waals surface area contributed by atoms with Crippen LogP contribution in [0.5, 0.6) is 0 Å². The van der Waals surface area contributed by atoms with Crippen molar-refractivity contribution in [2.24, 2.45) is 5.92 Å². The second-order valence-corrected chi connectivity index (χ2v) is 7.88. The van der Waals surface area contributed by atoms with E-state index in [9.17, 15) is 22.8 Å². The first-order chi connectivity index (χ1) is 15.6. The van der Waals surface area contributed by atoms with E-state index in [1.807, 2.05) is 0 Å². The highest BCUT2D eigenvalue weighted by atomic mass is 35.5. The largest absolute Gasteiger partial charge is 0.416 e. The molecule has 1 unspecified atom stereocenters. The van der Waals surface area contributed by atoms with Gasteiger partial charge in [-0.3, -0.25) is 14.9 Å². The van der Waals surface area contributed by atoms with Crippen LogP contribution in [0.3, 0.4) is 0 Å². The molecule has 13 heteroatoms.